The molecule has 1 aromatic heterocycles. The Hall–Kier alpha value is -2.40. The first kappa shape index (κ1) is 20.9. The fourth-order valence-electron chi connectivity index (χ4n) is 4.11. The molecular weight excluding hydrogens is 421 g/mol. The molecule has 30 heavy (non-hydrogen) atoms. The molecule has 2 aromatic rings. The number of amides is 2. The topological polar surface area (TPSA) is 97.6 Å². The molecule has 0 bridgehead atoms. The largest absolute Gasteiger partial charge is 0.573 e. The summed E-state index contributed by atoms with van der Waals surface area (Å²) in [6.45, 7) is 0.785. The number of hydrogen-bond acceptors (Lipinski definition) is 6. The number of halogens is 3. The molecule has 7 nitrogen and oxygen atoms in total. The van der Waals surface area contributed by atoms with Crippen molar-refractivity contribution in [3.63, 3.8) is 0 Å². The SMILES string of the molecule is NCC1(C(=O)N2CCC2C(=O)Nc2nc3ccc(OC(F)(F)F)cc3s2)CCCC1. The minimum atomic E-state index is -4.78. The number of fused-ring (bicyclic) bond motifs is 1. The van der Waals surface area contributed by atoms with E-state index < -0.39 is 17.8 Å². The molecule has 162 valence electrons. The van der Waals surface area contributed by atoms with Crippen molar-refractivity contribution in [2.24, 2.45) is 11.1 Å². The van der Waals surface area contributed by atoms with Gasteiger partial charge in [-0.05, 0) is 31.4 Å². The highest BCUT2D eigenvalue weighted by Crippen LogP contribution is 2.41. The Morgan fingerprint density at radius 2 is 2.07 bits per heavy atom. The predicted octanol–water partition coefficient (Wildman–Crippen LogP) is 3.25. The van der Waals surface area contributed by atoms with Gasteiger partial charge in [0.1, 0.15) is 11.8 Å². The number of aromatic nitrogens is 1. The first-order valence-corrected chi connectivity index (χ1v) is 10.5. The van der Waals surface area contributed by atoms with Crippen molar-refractivity contribution in [1.82, 2.24) is 9.88 Å². The highest BCUT2D eigenvalue weighted by molar-refractivity contribution is 7.22. The molecule has 1 aliphatic heterocycles. The van der Waals surface area contributed by atoms with Gasteiger partial charge in [-0.2, -0.15) is 0 Å². The second-order valence-electron chi connectivity index (χ2n) is 7.68. The lowest BCUT2D eigenvalue weighted by molar-refractivity contribution is -0.274. The fraction of sp³-hybridized carbons (Fsp3) is 0.526. The van der Waals surface area contributed by atoms with Crippen LogP contribution in [-0.4, -0.2) is 47.2 Å². The molecule has 1 atom stereocenters. The molecule has 2 heterocycles. The summed E-state index contributed by atoms with van der Waals surface area (Å²) in [6, 6.07) is 3.20. The third kappa shape index (κ3) is 3.95. The van der Waals surface area contributed by atoms with E-state index in [0.29, 0.717) is 23.2 Å². The molecule has 0 radical (unpaired) electrons. The molecule has 3 N–H and O–H groups in total. The maximum Gasteiger partial charge on any atom is 0.573 e. The van der Waals surface area contributed by atoms with Crippen molar-refractivity contribution in [2.45, 2.75) is 44.5 Å². The van der Waals surface area contributed by atoms with E-state index >= 15 is 0 Å². The predicted molar refractivity (Wildman–Crippen MR) is 105 cm³/mol. The number of ether oxygens (including phenoxy) is 1. The lowest BCUT2D eigenvalue weighted by Gasteiger charge is -2.44. The summed E-state index contributed by atoms with van der Waals surface area (Å²) in [7, 11) is 0. The first-order chi connectivity index (χ1) is 14.2. The highest BCUT2D eigenvalue weighted by Gasteiger charge is 2.48. The number of carbonyl (C=O) groups is 2. The Bertz CT molecular complexity index is 972. The Kier molecular flexibility index (Phi) is 5.35. The molecule has 2 aliphatic rings. The van der Waals surface area contributed by atoms with Gasteiger partial charge in [0.05, 0.1) is 15.6 Å². The smallest absolute Gasteiger partial charge is 0.406 e. The van der Waals surface area contributed by atoms with Crippen LogP contribution in [0.3, 0.4) is 0 Å². The summed E-state index contributed by atoms with van der Waals surface area (Å²) in [5.74, 6) is -0.770. The van der Waals surface area contributed by atoms with Gasteiger partial charge in [-0.15, -0.1) is 13.2 Å². The van der Waals surface area contributed by atoms with Crippen LogP contribution < -0.4 is 15.8 Å². The van der Waals surface area contributed by atoms with E-state index in [1.807, 2.05) is 0 Å². The summed E-state index contributed by atoms with van der Waals surface area (Å²) in [5.41, 5.74) is 5.77. The molecule has 1 saturated carbocycles. The number of benzene rings is 1. The Morgan fingerprint density at radius 3 is 2.67 bits per heavy atom. The maximum atomic E-state index is 13.0. The standard InChI is InChI=1S/C19H21F3N4O3S/c20-19(21,22)29-11-3-4-12-14(9-11)30-17(24-12)25-15(27)13-5-8-26(13)16(28)18(10-23)6-1-2-7-18/h3-4,9,13H,1-2,5-8,10,23H2,(H,24,25,27). The number of nitrogens with one attached hydrogen (secondary N) is 1. The van der Waals surface area contributed by atoms with Gasteiger partial charge >= 0.3 is 6.36 Å². The normalized spacial score (nSPS) is 20.8. The number of carbonyl (C=O) groups excluding carboxylic acids is 2. The van der Waals surface area contributed by atoms with Crippen molar-refractivity contribution in [3.8, 4) is 5.75 Å². The molecule has 4 rings (SSSR count). The first-order valence-electron chi connectivity index (χ1n) is 9.69. The van der Waals surface area contributed by atoms with Gasteiger partial charge in [-0.3, -0.25) is 9.59 Å². The zero-order chi connectivity index (χ0) is 21.5. The molecule has 0 spiro atoms. The summed E-state index contributed by atoms with van der Waals surface area (Å²) < 4.78 is 41.5. The Morgan fingerprint density at radius 1 is 1.33 bits per heavy atom. The van der Waals surface area contributed by atoms with Crippen LogP contribution in [0.4, 0.5) is 18.3 Å². The maximum absolute atomic E-state index is 13.0. The number of alkyl halides is 3. The highest BCUT2D eigenvalue weighted by atomic mass is 32.1. The summed E-state index contributed by atoms with van der Waals surface area (Å²) in [6.07, 6.45) is -0.831. The van der Waals surface area contributed by atoms with Gasteiger partial charge in [-0.25, -0.2) is 4.98 Å². The quantitative estimate of drug-likeness (QED) is 0.741. The zero-order valence-corrected chi connectivity index (χ0v) is 16.8. The number of nitrogens with two attached hydrogens (primary N) is 1. The summed E-state index contributed by atoms with van der Waals surface area (Å²) >= 11 is 1.04. The summed E-state index contributed by atoms with van der Waals surface area (Å²) in [5, 5.41) is 2.94. The van der Waals surface area contributed by atoms with Crippen molar-refractivity contribution < 1.29 is 27.5 Å². The van der Waals surface area contributed by atoms with Crippen molar-refractivity contribution in [2.75, 3.05) is 18.4 Å². The van der Waals surface area contributed by atoms with Crippen molar-refractivity contribution >= 4 is 38.5 Å². The Labute approximate surface area is 174 Å². The number of anilines is 1. The van der Waals surface area contributed by atoms with Crippen molar-refractivity contribution in [3.05, 3.63) is 18.2 Å². The molecule has 1 aromatic carbocycles. The second kappa shape index (κ2) is 7.69. The second-order valence-corrected chi connectivity index (χ2v) is 8.71. The van der Waals surface area contributed by atoms with Crippen LogP contribution in [0, 0.1) is 5.41 Å². The summed E-state index contributed by atoms with van der Waals surface area (Å²) in [4.78, 5) is 31.5. The number of nitrogens with zero attached hydrogens (tertiary/aromatic N) is 2. The average molecular weight is 442 g/mol. The Balaban J connectivity index is 1.44. The molecule has 1 aliphatic carbocycles. The number of thiazole rings is 1. The van der Waals surface area contributed by atoms with Gasteiger partial charge in [-0.1, -0.05) is 24.2 Å². The molecule has 1 unspecified atom stereocenters. The van der Waals surface area contributed by atoms with Crippen LogP contribution in [0.1, 0.15) is 32.1 Å². The van der Waals surface area contributed by atoms with Gasteiger partial charge in [0.2, 0.25) is 11.8 Å². The van der Waals surface area contributed by atoms with Gasteiger partial charge in [0.15, 0.2) is 5.13 Å². The minimum Gasteiger partial charge on any atom is -0.406 e. The van der Waals surface area contributed by atoms with Gasteiger partial charge in [0.25, 0.3) is 0 Å². The van der Waals surface area contributed by atoms with Crippen LogP contribution in [0.5, 0.6) is 5.75 Å². The molecule has 2 amide bonds. The minimum absolute atomic E-state index is 0.0628. The van der Waals surface area contributed by atoms with E-state index in [-0.39, 0.29) is 29.2 Å². The van der Waals surface area contributed by atoms with Crippen LogP contribution in [0.15, 0.2) is 18.2 Å². The molecular formula is C19H21F3N4O3S. The van der Waals surface area contributed by atoms with E-state index in [2.05, 4.69) is 15.0 Å². The number of likely N-dealkylation sites (tertiary alicyclic amines) is 1. The zero-order valence-electron chi connectivity index (χ0n) is 16.0. The number of hydrogen-bond donors (Lipinski definition) is 2. The van der Waals surface area contributed by atoms with E-state index in [4.69, 9.17) is 5.73 Å². The van der Waals surface area contributed by atoms with E-state index in [9.17, 15) is 22.8 Å². The van der Waals surface area contributed by atoms with E-state index in [1.165, 1.54) is 18.2 Å². The van der Waals surface area contributed by atoms with Crippen LogP contribution in [-0.2, 0) is 9.59 Å². The number of rotatable bonds is 5. The van der Waals surface area contributed by atoms with Gasteiger partial charge in [0, 0.05) is 19.2 Å². The lowest BCUT2D eigenvalue weighted by Crippen LogP contribution is -2.61. The third-order valence-corrected chi connectivity index (χ3v) is 6.75. The molecule has 2 fully saturated rings. The van der Waals surface area contributed by atoms with Crippen LogP contribution in [0.25, 0.3) is 10.2 Å². The fourth-order valence-corrected chi connectivity index (χ4v) is 5.01. The molecule has 1 saturated heterocycles. The van der Waals surface area contributed by atoms with E-state index in [0.717, 1.165) is 37.0 Å². The van der Waals surface area contributed by atoms with Gasteiger partial charge < -0.3 is 20.7 Å². The lowest BCUT2D eigenvalue weighted by atomic mass is 9.82. The average Bonchev–Trinajstić information content (AvgIpc) is 3.25. The van der Waals surface area contributed by atoms with Crippen LogP contribution >= 0.6 is 11.3 Å². The monoisotopic (exact) mass is 442 g/mol. The third-order valence-electron chi connectivity index (χ3n) is 5.81. The van der Waals surface area contributed by atoms with Crippen LogP contribution in [0.2, 0.25) is 0 Å². The van der Waals surface area contributed by atoms with E-state index in [1.54, 1.807) is 4.90 Å². The van der Waals surface area contributed by atoms with Crippen molar-refractivity contribution in [1.29, 1.82) is 0 Å². The molecule has 11 heteroatoms.